The van der Waals surface area contributed by atoms with Crippen LogP contribution in [0.4, 0.5) is 0 Å². The number of ether oxygens (including phenoxy) is 1. The monoisotopic (exact) mass is 254 g/mol. The Hall–Kier alpha value is -0.790. The van der Waals surface area contributed by atoms with Crippen LogP contribution in [-0.2, 0) is 9.53 Å². The highest BCUT2D eigenvalue weighted by atomic mass is 16.5. The summed E-state index contributed by atoms with van der Waals surface area (Å²) in [7, 11) is 0. The average Bonchev–Trinajstić information content (AvgIpc) is 2.14. The summed E-state index contributed by atoms with van der Waals surface area (Å²) in [6.45, 7) is 12.4. The van der Waals surface area contributed by atoms with E-state index in [9.17, 15) is 4.79 Å². The molecule has 0 N–H and O–H groups in total. The van der Waals surface area contributed by atoms with E-state index in [4.69, 9.17) is 4.74 Å². The van der Waals surface area contributed by atoms with Crippen molar-refractivity contribution >= 4 is 5.97 Å². The topological polar surface area (TPSA) is 26.3 Å². The molecule has 0 aliphatic heterocycles. The van der Waals surface area contributed by atoms with Gasteiger partial charge in [0.15, 0.2) is 0 Å². The number of hydrogen-bond acceptors (Lipinski definition) is 2. The molecule has 106 valence electrons. The highest BCUT2D eigenvalue weighted by molar-refractivity contribution is 5.67. The zero-order valence-corrected chi connectivity index (χ0v) is 13.0. The Morgan fingerprint density at radius 3 is 2.11 bits per heavy atom. The van der Waals surface area contributed by atoms with Gasteiger partial charge in [-0.2, -0.15) is 0 Å². The molecule has 0 aliphatic carbocycles. The lowest BCUT2D eigenvalue weighted by Gasteiger charge is -2.31. The molecular formula is C16H30O2. The molecule has 2 nitrogen and oxygen atoms in total. The first kappa shape index (κ1) is 17.2. The van der Waals surface area contributed by atoms with Crippen LogP contribution in [0.1, 0.15) is 73.6 Å². The fourth-order valence-electron chi connectivity index (χ4n) is 3.03. The second kappa shape index (κ2) is 8.34. The molecule has 0 amide bonds. The summed E-state index contributed by atoms with van der Waals surface area (Å²) in [6.07, 6.45) is 8.24. The maximum absolute atomic E-state index is 10.9. The Balaban J connectivity index is 4.49. The van der Waals surface area contributed by atoms with Gasteiger partial charge in [0.1, 0.15) is 5.76 Å². The van der Waals surface area contributed by atoms with E-state index in [2.05, 4.69) is 33.8 Å². The van der Waals surface area contributed by atoms with Crippen molar-refractivity contribution in [1.82, 2.24) is 0 Å². The molecule has 0 radical (unpaired) electrons. The first-order chi connectivity index (χ1) is 8.33. The van der Waals surface area contributed by atoms with Crippen LogP contribution < -0.4 is 0 Å². The second-order valence-corrected chi connectivity index (χ2v) is 5.86. The van der Waals surface area contributed by atoms with Crippen molar-refractivity contribution in [2.45, 2.75) is 73.6 Å². The van der Waals surface area contributed by atoms with Crippen LogP contribution in [0.25, 0.3) is 0 Å². The molecule has 0 saturated carbocycles. The first-order valence-electron chi connectivity index (χ1n) is 7.19. The van der Waals surface area contributed by atoms with E-state index in [1.807, 2.05) is 6.92 Å². The Morgan fingerprint density at radius 1 is 1.22 bits per heavy atom. The zero-order chi connectivity index (χ0) is 14.2. The molecule has 0 spiro atoms. The van der Waals surface area contributed by atoms with Gasteiger partial charge in [0.2, 0.25) is 0 Å². The molecule has 18 heavy (non-hydrogen) atoms. The van der Waals surface area contributed by atoms with Gasteiger partial charge in [0, 0.05) is 6.92 Å². The average molecular weight is 254 g/mol. The lowest BCUT2D eigenvalue weighted by molar-refractivity contribution is -0.136. The van der Waals surface area contributed by atoms with Gasteiger partial charge in [0.25, 0.3) is 0 Å². The van der Waals surface area contributed by atoms with Gasteiger partial charge < -0.3 is 4.74 Å². The molecule has 0 heterocycles. The molecule has 0 aromatic rings. The highest BCUT2D eigenvalue weighted by Crippen LogP contribution is 2.36. The summed E-state index contributed by atoms with van der Waals surface area (Å²) in [4.78, 5) is 10.9. The number of hydrogen-bond donors (Lipinski definition) is 0. The van der Waals surface area contributed by atoms with E-state index in [0.717, 1.165) is 12.2 Å². The molecule has 0 aliphatic rings. The quantitative estimate of drug-likeness (QED) is 0.445. The zero-order valence-electron chi connectivity index (χ0n) is 13.0. The molecule has 1 atom stereocenters. The summed E-state index contributed by atoms with van der Waals surface area (Å²) in [6, 6.07) is 0. The summed E-state index contributed by atoms with van der Waals surface area (Å²) in [5.41, 5.74) is 0.413. The normalized spacial score (nSPS) is 14.4. The number of allylic oxidation sites excluding steroid dienone is 2. The van der Waals surface area contributed by atoms with E-state index in [1.165, 1.54) is 32.6 Å². The predicted molar refractivity (Wildman–Crippen MR) is 77.2 cm³/mol. The van der Waals surface area contributed by atoms with Gasteiger partial charge in [-0.15, -0.1) is 0 Å². The van der Waals surface area contributed by atoms with Gasteiger partial charge in [-0.3, -0.25) is 4.79 Å². The van der Waals surface area contributed by atoms with Crippen LogP contribution in [0.2, 0.25) is 0 Å². The van der Waals surface area contributed by atoms with Crippen molar-refractivity contribution in [2.75, 3.05) is 0 Å². The number of esters is 1. The standard InChI is InChI=1S/C16H30O2/c1-7-9-16(6,10-8-2)12-13(3)11-14(4)18-15(5)17/h11,13H,7-10,12H2,1-6H3/b14-11+. The second-order valence-electron chi connectivity index (χ2n) is 5.86. The summed E-state index contributed by atoms with van der Waals surface area (Å²) < 4.78 is 5.08. The lowest BCUT2D eigenvalue weighted by Crippen LogP contribution is -2.19. The minimum atomic E-state index is -0.235. The van der Waals surface area contributed by atoms with E-state index in [1.54, 1.807) is 0 Å². The molecule has 0 saturated heterocycles. The Labute approximate surface area is 113 Å². The van der Waals surface area contributed by atoms with E-state index in [-0.39, 0.29) is 5.97 Å². The van der Waals surface area contributed by atoms with E-state index >= 15 is 0 Å². The van der Waals surface area contributed by atoms with Crippen LogP contribution in [0.3, 0.4) is 0 Å². The smallest absolute Gasteiger partial charge is 0.307 e. The SMILES string of the molecule is CCCC(C)(CCC)CC(C)/C=C(\C)OC(C)=O. The molecule has 0 bridgehead atoms. The van der Waals surface area contributed by atoms with Crippen molar-refractivity contribution < 1.29 is 9.53 Å². The van der Waals surface area contributed by atoms with Crippen molar-refractivity contribution in [1.29, 1.82) is 0 Å². The molecule has 1 unspecified atom stereocenters. The Bertz CT molecular complexity index is 273. The van der Waals surface area contributed by atoms with Crippen LogP contribution in [0, 0.1) is 11.3 Å². The predicted octanol–water partition coefficient (Wildman–Crippen LogP) is 5.09. The maximum atomic E-state index is 10.9. The molecule has 0 rings (SSSR count). The number of carbonyl (C=O) groups is 1. The van der Waals surface area contributed by atoms with Crippen molar-refractivity contribution in [2.24, 2.45) is 11.3 Å². The lowest BCUT2D eigenvalue weighted by atomic mass is 9.75. The molecular weight excluding hydrogens is 224 g/mol. The van der Waals surface area contributed by atoms with Crippen LogP contribution in [0.5, 0.6) is 0 Å². The molecule has 2 heteroatoms. The van der Waals surface area contributed by atoms with Gasteiger partial charge in [-0.1, -0.05) is 40.5 Å². The number of rotatable bonds is 8. The third-order valence-electron chi connectivity index (χ3n) is 3.35. The summed E-state index contributed by atoms with van der Waals surface area (Å²) >= 11 is 0. The third-order valence-corrected chi connectivity index (χ3v) is 3.35. The first-order valence-corrected chi connectivity index (χ1v) is 7.19. The number of carbonyl (C=O) groups excluding carboxylic acids is 1. The van der Waals surface area contributed by atoms with Crippen molar-refractivity contribution in [3.05, 3.63) is 11.8 Å². The van der Waals surface area contributed by atoms with Gasteiger partial charge in [-0.05, 0) is 43.6 Å². The third kappa shape index (κ3) is 7.52. The summed E-state index contributed by atoms with van der Waals surface area (Å²) in [5, 5.41) is 0. The minimum absolute atomic E-state index is 0.235. The van der Waals surface area contributed by atoms with Gasteiger partial charge in [0.05, 0.1) is 0 Å². The molecule has 0 aromatic heterocycles. The Kier molecular flexibility index (Phi) is 7.97. The molecule has 0 fully saturated rings. The Morgan fingerprint density at radius 2 is 1.72 bits per heavy atom. The maximum Gasteiger partial charge on any atom is 0.307 e. The fourth-order valence-corrected chi connectivity index (χ4v) is 3.03. The van der Waals surface area contributed by atoms with Crippen LogP contribution >= 0.6 is 0 Å². The largest absolute Gasteiger partial charge is 0.432 e. The van der Waals surface area contributed by atoms with Crippen molar-refractivity contribution in [3.63, 3.8) is 0 Å². The minimum Gasteiger partial charge on any atom is -0.432 e. The van der Waals surface area contributed by atoms with E-state index in [0.29, 0.717) is 11.3 Å². The molecule has 0 aromatic carbocycles. The van der Waals surface area contributed by atoms with Crippen LogP contribution in [0.15, 0.2) is 11.8 Å². The highest BCUT2D eigenvalue weighted by Gasteiger charge is 2.24. The van der Waals surface area contributed by atoms with Crippen LogP contribution in [-0.4, -0.2) is 5.97 Å². The van der Waals surface area contributed by atoms with Gasteiger partial charge in [-0.25, -0.2) is 0 Å². The fraction of sp³-hybridized carbons (Fsp3) is 0.812. The van der Waals surface area contributed by atoms with Gasteiger partial charge >= 0.3 is 5.97 Å². The van der Waals surface area contributed by atoms with E-state index < -0.39 is 0 Å². The summed E-state index contributed by atoms with van der Waals surface area (Å²) in [5.74, 6) is 0.943. The van der Waals surface area contributed by atoms with Crippen molar-refractivity contribution in [3.8, 4) is 0 Å².